The molecule has 6 heteroatoms. The first-order valence-corrected chi connectivity index (χ1v) is 10.0. The molecule has 0 aliphatic rings. The highest BCUT2D eigenvalue weighted by Gasteiger charge is 2.14. The van der Waals surface area contributed by atoms with Gasteiger partial charge in [-0.05, 0) is 64.9 Å². The van der Waals surface area contributed by atoms with Gasteiger partial charge in [-0.25, -0.2) is 9.18 Å². The second-order valence-electron chi connectivity index (χ2n) is 7.45. The number of carbonyl (C=O) groups is 2. The van der Waals surface area contributed by atoms with Crippen LogP contribution in [-0.2, 0) is 11.2 Å². The van der Waals surface area contributed by atoms with Gasteiger partial charge in [0.25, 0.3) is 0 Å². The number of nitrogens with one attached hydrogen (secondary N) is 1. The SMILES string of the molecule is O=C(CCc1ccc2cccc(O)c2c1)Nc1cc(-c2ccc(F)cc2)ccc1C(=O)O. The Morgan fingerprint density at radius 3 is 2.38 bits per heavy atom. The van der Waals surface area contributed by atoms with Crippen molar-refractivity contribution in [1.29, 1.82) is 0 Å². The molecule has 160 valence electrons. The molecule has 0 saturated heterocycles. The monoisotopic (exact) mass is 429 g/mol. The number of carbonyl (C=O) groups excluding carboxylic acids is 1. The van der Waals surface area contributed by atoms with Crippen LogP contribution in [0.15, 0.2) is 78.9 Å². The third-order valence-corrected chi connectivity index (χ3v) is 5.27. The highest BCUT2D eigenvalue weighted by Crippen LogP contribution is 2.28. The predicted molar refractivity (Wildman–Crippen MR) is 121 cm³/mol. The van der Waals surface area contributed by atoms with Crippen LogP contribution in [0.4, 0.5) is 10.1 Å². The molecule has 0 aliphatic carbocycles. The number of phenols is 1. The number of halogens is 1. The Bertz CT molecular complexity index is 1320. The van der Waals surface area contributed by atoms with E-state index in [9.17, 15) is 24.2 Å². The van der Waals surface area contributed by atoms with Gasteiger partial charge in [-0.1, -0.05) is 42.5 Å². The Morgan fingerprint density at radius 2 is 1.62 bits per heavy atom. The number of anilines is 1. The summed E-state index contributed by atoms with van der Waals surface area (Å²) in [6, 6.07) is 21.3. The first-order chi connectivity index (χ1) is 15.4. The molecule has 0 unspecified atom stereocenters. The van der Waals surface area contributed by atoms with E-state index < -0.39 is 5.97 Å². The molecule has 0 spiro atoms. The molecule has 3 N–H and O–H groups in total. The molecule has 0 aliphatic heterocycles. The van der Waals surface area contributed by atoms with Gasteiger partial charge in [-0.3, -0.25) is 4.79 Å². The lowest BCUT2D eigenvalue weighted by Crippen LogP contribution is -2.15. The number of rotatable bonds is 6. The van der Waals surface area contributed by atoms with Crippen molar-refractivity contribution in [2.75, 3.05) is 5.32 Å². The fourth-order valence-corrected chi connectivity index (χ4v) is 3.59. The highest BCUT2D eigenvalue weighted by molar-refractivity contribution is 6.01. The summed E-state index contributed by atoms with van der Waals surface area (Å²) < 4.78 is 13.2. The Balaban J connectivity index is 1.51. The van der Waals surface area contributed by atoms with Gasteiger partial charge < -0.3 is 15.5 Å². The van der Waals surface area contributed by atoms with Crippen molar-refractivity contribution in [2.24, 2.45) is 0 Å². The van der Waals surface area contributed by atoms with Crippen molar-refractivity contribution in [3.63, 3.8) is 0 Å². The van der Waals surface area contributed by atoms with Gasteiger partial charge in [0.15, 0.2) is 0 Å². The molecule has 1 amide bonds. The molecule has 0 radical (unpaired) electrons. The van der Waals surface area contributed by atoms with Crippen molar-refractivity contribution in [2.45, 2.75) is 12.8 Å². The van der Waals surface area contributed by atoms with Crippen molar-refractivity contribution < 1.29 is 24.2 Å². The van der Waals surface area contributed by atoms with Crippen LogP contribution in [0, 0.1) is 5.82 Å². The zero-order chi connectivity index (χ0) is 22.7. The molecule has 0 bridgehead atoms. The first kappa shape index (κ1) is 21.1. The zero-order valence-electron chi connectivity index (χ0n) is 17.0. The normalized spacial score (nSPS) is 10.8. The van der Waals surface area contributed by atoms with E-state index in [0.717, 1.165) is 10.9 Å². The number of carboxylic acids is 1. The van der Waals surface area contributed by atoms with Crippen LogP contribution in [0.25, 0.3) is 21.9 Å². The van der Waals surface area contributed by atoms with Crippen LogP contribution in [0.2, 0.25) is 0 Å². The lowest BCUT2D eigenvalue weighted by Gasteiger charge is -2.12. The van der Waals surface area contributed by atoms with E-state index >= 15 is 0 Å². The molecule has 32 heavy (non-hydrogen) atoms. The Hall–Kier alpha value is -4.19. The first-order valence-electron chi connectivity index (χ1n) is 10.0. The Labute approximate surface area is 183 Å². The number of aryl methyl sites for hydroxylation is 1. The quantitative estimate of drug-likeness (QED) is 0.371. The molecular weight excluding hydrogens is 409 g/mol. The van der Waals surface area contributed by atoms with Gasteiger partial charge in [-0.2, -0.15) is 0 Å². The minimum absolute atomic E-state index is 0.0279. The predicted octanol–water partition coefficient (Wildman–Crippen LogP) is 5.62. The van der Waals surface area contributed by atoms with Gasteiger partial charge in [0, 0.05) is 11.8 Å². The van der Waals surface area contributed by atoms with Crippen molar-refractivity contribution in [1.82, 2.24) is 0 Å². The number of carboxylic acid groups (broad SMARTS) is 1. The lowest BCUT2D eigenvalue weighted by atomic mass is 10.0. The number of amides is 1. The van der Waals surface area contributed by atoms with Gasteiger partial charge >= 0.3 is 5.97 Å². The summed E-state index contributed by atoms with van der Waals surface area (Å²) >= 11 is 0. The second-order valence-corrected chi connectivity index (χ2v) is 7.45. The topological polar surface area (TPSA) is 86.6 Å². The fourth-order valence-electron chi connectivity index (χ4n) is 3.59. The Morgan fingerprint density at radius 1 is 0.875 bits per heavy atom. The molecular formula is C26H20FNO4. The summed E-state index contributed by atoms with van der Waals surface area (Å²) in [4.78, 5) is 24.2. The van der Waals surface area contributed by atoms with Crippen molar-refractivity contribution in [3.05, 3.63) is 95.8 Å². The third kappa shape index (κ3) is 4.59. The largest absolute Gasteiger partial charge is 0.507 e. The average Bonchev–Trinajstić information content (AvgIpc) is 2.78. The molecule has 0 heterocycles. The van der Waals surface area contributed by atoms with Gasteiger partial charge in [0.1, 0.15) is 11.6 Å². The van der Waals surface area contributed by atoms with E-state index in [4.69, 9.17) is 0 Å². The van der Waals surface area contributed by atoms with Crippen LogP contribution in [0.1, 0.15) is 22.3 Å². The van der Waals surface area contributed by atoms with Crippen LogP contribution in [-0.4, -0.2) is 22.1 Å². The average molecular weight is 429 g/mol. The standard InChI is InChI=1S/C26H20FNO4/c27-20-10-7-17(8-11-20)19-9-12-21(26(31)32)23(15-19)28-25(30)13-5-16-4-6-18-2-1-3-24(29)22(18)14-16/h1-4,6-12,14-15,29H,5,13H2,(H,28,30)(H,31,32). The maximum absolute atomic E-state index is 13.2. The second kappa shape index (κ2) is 8.89. The number of aromatic carboxylic acids is 1. The van der Waals surface area contributed by atoms with Gasteiger partial charge in [-0.15, -0.1) is 0 Å². The molecule has 5 nitrogen and oxygen atoms in total. The van der Waals surface area contributed by atoms with E-state index in [0.29, 0.717) is 22.9 Å². The number of phenolic OH excluding ortho intramolecular Hbond substituents is 1. The summed E-state index contributed by atoms with van der Waals surface area (Å²) in [5.74, 6) is -1.68. The van der Waals surface area contributed by atoms with Crippen molar-refractivity contribution in [3.8, 4) is 16.9 Å². The number of fused-ring (bicyclic) bond motifs is 1. The number of hydrogen-bond donors (Lipinski definition) is 3. The van der Waals surface area contributed by atoms with Crippen molar-refractivity contribution >= 4 is 28.3 Å². The zero-order valence-corrected chi connectivity index (χ0v) is 17.0. The maximum atomic E-state index is 13.2. The van der Waals surface area contributed by atoms with Crippen LogP contribution >= 0.6 is 0 Å². The molecule has 0 fully saturated rings. The molecule has 0 saturated carbocycles. The molecule has 4 aromatic carbocycles. The van der Waals surface area contributed by atoms with Crippen LogP contribution in [0.3, 0.4) is 0 Å². The van der Waals surface area contributed by atoms with E-state index in [2.05, 4.69) is 5.32 Å². The van der Waals surface area contributed by atoms with Crippen LogP contribution in [0.5, 0.6) is 5.75 Å². The highest BCUT2D eigenvalue weighted by atomic mass is 19.1. The lowest BCUT2D eigenvalue weighted by molar-refractivity contribution is -0.116. The molecule has 4 rings (SSSR count). The summed E-state index contributed by atoms with van der Waals surface area (Å²) in [5.41, 5.74) is 2.40. The summed E-state index contributed by atoms with van der Waals surface area (Å²) in [6.07, 6.45) is 0.565. The number of hydrogen-bond acceptors (Lipinski definition) is 3. The molecule has 0 aromatic heterocycles. The molecule has 4 aromatic rings. The smallest absolute Gasteiger partial charge is 0.337 e. The fraction of sp³-hybridized carbons (Fsp3) is 0.0769. The van der Waals surface area contributed by atoms with Crippen LogP contribution < -0.4 is 5.32 Å². The van der Waals surface area contributed by atoms with E-state index in [1.807, 2.05) is 24.3 Å². The van der Waals surface area contributed by atoms with Gasteiger partial charge in [0.05, 0.1) is 11.3 Å². The van der Waals surface area contributed by atoms with E-state index in [1.54, 1.807) is 36.4 Å². The number of aromatic hydroxyl groups is 1. The minimum Gasteiger partial charge on any atom is -0.507 e. The summed E-state index contributed by atoms with van der Waals surface area (Å²) in [5, 5.41) is 23.8. The number of benzene rings is 4. The maximum Gasteiger partial charge on any atom is 0.337 e. The Kier molecular flexibility index (Phi) is 5.85. The third-order valence-electron chi connectivity index (χ3n) is 5.27. The summed E-state index contributed by atoms with van der Waals surface area (Å²) in [6.45, 7) is 0. The summed E-state index contributed by atoms with van der Waals surface area (Å²) in [7, 11) is 0. The molecule has 0 atom stereocenters. The minimum atomic E-state index is -1.16. The van der Waals surface area contributed by atoms with Gasteiger partial charge in [0.2, 0.25) is 5.91 Å². The van der Waals surface area contributed by atoms with E-state index in [1.165, 1.54) is 18.2 Å². The van der Waals surface area contributed by atoms with E-state index in [-0.39, 0.29) is 35.1 Å².